The Labute approximate surface area is 99.0 Å². The summed E-state index contributed by atoms with van der Waals surface area (Å²) in [5, 5.41) is 8.62. The molecule has 0 aliphatic heterocycles. The Balaban J connectivity index is 2.96. The van der Waals surface area contributed by atoms with Crippen molar-refractivity contribution in [3.05, 3.63) is 29.8 Å². The summed E-state index contributed by atoms with van der Waals surface area (Å²) in [6.45, 7) is 0.610. The monoisotopic (exact) mass is 260 g/mol. The zero-order chi connectivity index (χ0) is 13.1. The lowest BCUT2D eigenvalue weighted by Crippen LogP contribution is -2.25. The van der Waals surface area contributed by atoms with Gasteiger partial charge in [-0.25, -0.2) is 8.42 Å². The Hall–Kier alpha value is -1.43. The number of aliphatic carboxylic acids is 1. The molecular formula is C11H13FO4S. The number of hydrogen-bond acceptors (Lipinski definition) is 3. The van der Waals surface area contributed by atoms with Gasteiger partial charge in [-0.15, -0.1) is 0 Å². The fraction of sp³-hybridized carbons (Fsp3) is 0.364. The number of carboxylic acid groups (broad SMARTS) is 1. The van der Waals surface area contributed by atoms with Crippen molar-refractivity contribution in [2.24, 2.45) is 5.92 Å². The van der Waals surface area contributed by atoms with E-state index in [0.717, 1.165) is 5.56 Å². The van der Waals surface area contributed by atoms with Gasteiger partial charge < -0.3 is 5.11 Å². The Morgan fingerprint density at radius 3 is 2.29 bits per heavy atom. The van der Waals surface area contributed by atoms with E-state index < -0.39 is 34.2 Å². The van der Waals surface area contributed by atoms with Crippen LogP contribution >= 0.6 is 0 Å². The molecule has 0 amide bonds. The van der Waals surface area contributed by atoms with Gasteiger partial charge in [0.05, 0.1) is 16.6 Å². The second kappa shape index (κ2) is 5.27. The molecule has 0 aliphatic rings. The van der Waals surface area contributed by atoms with Crippen LogP contribution in [0.2, 0.25) is 0 Å². The molecule has 0 fully saturated rings. The van der Waals surface area contributed by atoms with Gasteiger partial charge in [-0.1, -0.05) is 17.7 Å². The lowest BCUT2D eigenvalue weighted by molar-refractivity contribution is -0.141. The standard InChI is InChI=1S/C11H13FO4S/c1-8-2-4-10(5-3-8)17(15,16)7-9(6-12)11(13)14/h2-5,9H,6-7H2,1H3,(H,13,14). The normalized spacial score (nSPS) is 13.3. The molecule has 0 radical (unpaired) electrons. The van der Waals surface area contributed by atoms with Gasteiger partial charge in [0.25, 0.3) is 0 Å². The molecule has 1 aromatic carbocycles. The van der Waals surface area contributed by atoms with Crippen LogP contribution in [0.4, 0.5) is 4.39 Å². The maximum absolute atomic E-state index is 12.4. The molecule has 1 N–H and O–H groups in total. The summed E-state index contributed by atoms with van der Waals surface area (Å²) in [5.74, 6) is -3.67. The van der Waals surface area contributed by atoms with E-state index >= 15 is 0 Å². The number of aryl methyl sites for hydroxylation is 1. The van der Waals surface area contributed by atoms with Gasteiger partial charge >= 0.3 is 5.97 Å². The molecule has 94 valence electrons. The van der Waals surface area contributed by atoms with Crippen LogP contribution < -0.4 is 0 Å². The molecule has 1 rings (SSSR count). The Morgan fingerprint density at radius 2 is 1.88 bits per heavy atom. The molecule has 17 heavy (non-hydrogen) atoms. The average molecular weight is 260 g/mol. The molecule has 0 saturated carbocycles. The smallest absolute Gasteiger partial charge is 0.310 e. The first kappa shape index (κ1) is 13.6. The van der Waals surface area contributed by atoms with Crippen molar-refractivity contribution < 1.29 is 22.7 Å². The van der Waals surface area contributed by atoms with Crippen LogP contribution in [-0.4, -0.2) is 31.9 Å². The highest BCUT2D eigenvalue weighted by atomic mass is 32.2. The maximum Gasteiger partial charge on any atom is 0.310 e. The van der Waals surface area contributed by atoms with E-state index in [9.17, 15) is 17.6 Å². The molecule has 0 bridgehead atoms. The SMILES string of the molecule is Cc1ccc(S(=O)(=O)CC(CF)C(=O)O)cc1. The third kappa shape index (κ3) is 3.52. The highest BCUT2D eigenvalue weighted by molar-refractivity contribution is 7.91. The van der Waals surface area contributed by atoms with Crippen LogP contribution in [0.25, 0.3) is 0 Å². The van der Waals surface area contributed by atoms with Crippen molar-refractivity contribution in [3.63, 3.8) is 0 Å². The minimum Gasteiger partial charge on any atom is -0.481 e. The van der Waals surface area contributed by atoms with Crippen LogP contribution in [0.5, 0.6) is 0 Å². The first-order chi connectivity index (χ1) is 7.86. The lowest BCUT2D eigenvalue weighted by Gasteiger charge is -2.09. The van der Waals surface area contributed by atoms with Crippen molar-refractivity contribution in [1.82, 2.24) is 0 Å². The van der Waals surface area contributed by atoms with Crippen molar-refractivity contribution in [1.29, 1.82) is 0 Å². The largest absolute Gasteiger partial charge is 0.481 e. The topological polar surface area (TPSA) is 71.4 Å². The summed E-state index contributed by atoms with van der Waals surface area (Å²) in [6.07, 6.45) is 0. The molecule has 0 heterocycles. The third-order valence-corrected chi connectivity index (χ3v) is 4.17. The van der Waals surface area contributed by atoms with E-state index in [4.69, 9.17) is 5.11 Å². The van der Waals surface area contributed by atoms with Gasteiger partial charge in [-0.2, -0.15) is 0 Å². The van der Waals surface area contributed by atoms with Crippen LogP contribution in [0.15, 0.2) is 29.2 Å². The molecule has 1 aromatic rings. The maximum atomic E-state index is 12.4. The van der Waals surface area contributed by atoms with E-state index in [-0.39, 0.29) is 4.90 Å². The zero-order valence-corrected chi connectivity index (χ0v) is 10.1. The molecule has 0 aromatic heterocycles. The molecular weight excluding hydrogens is 247 g/mol. The first-order valence-electron chi connectivity index (χ1n) is 4.95. The fourth-order valence-electron chi connectivity index (χ4n) is 1.29. The van der Waals surface area contributed by atoms with Gasteiger partial charge in [-0.3, -0.25) is 9.18 Å². The van der Waals surface area contributed by atoms with E-state index in [0.29, 0.717) is 0 Å². The summed E-state index contributed by atoms with van der Waals surface area (Å²) < 4.78 is 35.9. The van der Waals surface area contributed by atoms with Gasteiger partial charge in [0.2, 0.25) is 0 Å². The molecule has 1 unspecified atom stereocenters. The number of rotatable bonds is 5. The van der Waals surface area contributed by atoms with E-state index in [2.05, 4.69) is 0 Å². The summed E-state index contributed by atoms with van der Waals surface area (Å²) in [5.41, 5.74) is 0.893. The van der Waals surface area contributed by atoms with Crippen LogP contribution in [0.3, 0.4) is 0 Å². The molecule has 1 atom stereocenters. The van der Waals surface area contributed by atoms with Crippen molar-refractivity contribution in [2.45, 2.75) is 11.8 Å². The second-order valence-electron chi connectivity index (χ2n) is 3.78. The number of hydrogen-bond donors (Lipinski definition) is 1. The predicted molar refractivity (Wildman–Crippen MR) is 60.3 cm³/mol. The highest BCUT2D eigenvalue weighted by Gasteiger charge is 2.26. The minimum absolute atomic E-state index is 0.0165. The highest BCUT2D eigenvalue weighted by Crippen LogP contribution is 2.15. The van der Waals surface area contributed by atoms with Crippen LogP contribution in [0.1, 0.15) is 5.56 Å². The van der Waals surface area contributed by atoms with Gasteiger partial charge in [0.1, 0.15) is 6.67 Å². The van der Waals surface area contributed by atoms with E-state index in [1.807, 2.05) is 0 Å². The second-order valence-corrected chi connectivity index (χ2v) is 5.82. The summed E-state index contributed by atoms with van der Waals surface area (Å²) in [7, 11) is -3.75. The number of benzene rings is 1. The zero-order valence-electron chi connectivity index (χ0n) is 9.26. The average Bonchev–Trinajstić information content (AvgIpc) is 2.26. The van der Waals surface area contributed by atoms with Gasteiger partial charge in [0, 0.05) is 0 Å². The third-order valence-electron chi connectivity index (χ3n) is 2.34. The van der Waals surface area contributed by atoms with Crippen molar-refractivity contribution in [2.75, 3.05) is 12.4 Å². The predicted octanol–water partition coefficient (Wildman–Crippen LogP) is 1.44. The molecule has 4 nitrogen and oxygen atoms in total. The van der Waals surface area contributed by atoms with Gasteiger partial charge in [-0.05, 0) is 19.1 Å². The van der Waals surface area contributed by atoms with Gasteiger partial charge in [0.15, 0.2) is 9.84 Å². The Bertz CT molecular complexity index is 493. The number of carbonyl (C=O) groups is 1. The molecule has 6 heteroatoms. The van der Waals surface area contributed by atoms with Crippen LogP contribution in [-0.2, 0) is 14.6 Å². The molecule has 0 aliphatic carbocycles. The quantitative estimate of drug-likeness (QED) is 0.869. The summed E-state index contributed by atoms with van der Waals surface area (Å²) in [6, 6.07) is 6.00. The molecule has 0 spiro atoms. The van der Waals surface area contributed by atoms with E-state index in [1.54, 1.807) is 19.1 Å². The molecule has 0 saturated heterocycles. The summed E-state index contributed by atoms with van der Waals surface area (Å²) in [4.78, 5) is 10.6. The summed E-state index contributed by atoms with van der Waals surface area (Å²) >= 11 is 0. The Morgan fingerprint density at radius 1 is 1.35 bits per heavy atom. The lowest BCUT2D eigenvalue weighted by atomic mass is 10.2. The van der Waals surface area contributed by atoms with E-state index in [1.165, 1.54) is 12.1 Å². The van der Waals surface area contributed by atoms with Crippen molar-refractivity contribution in [3.8, 4) is 0 Å². The van der Waals surface area contributed by atoms with Crippen molar-refractivity contribution >= 4 is 15.8 Å². The fourth-order valence-corrected chi connectivity index (χ4v) is 2.79. The number of carboxylic acids is 1. The number of halogens is 1. The number of alkyl halides is 1. The number of sulfone groups is 1. The Kier molecular flexibility index (Phi) is 4.22. The minimum atomic E-state index is -3.75. The first-order valence-corrected chi connectivity index (χ1v) is 6.60. The van der Waals surface area contributed by atoms with Crippen LogP contribution in [0, 0.1) is 12.8 Å².